The average Bonchev–Trinajstić information content (AvgIpc) is 2.80. The maximum absolute atomic E-state index is 8.06. The van der Waals surface area contributed by atoms with Gasteiger partial charge in [0, 0.05) is 36.8 Å². The van der Waals surface area contributed by atoms with E-state index in [4.69, 9.17) is 32.3 Å². The summed E-state index contributed by atoms with van der Waals surface area (Å²) in [5.41, 5.74) is 1.23. The maximum atomic E-state index is 8.06. The molecule has 0 aliphatic heterocycles. The summed E-state index contributed by atoms with van der Waals surface area (Å²) in [6.07, 6.45) is 6.61. The molecule has 0 bridgehead atoms. The first-order valence-corrected chi connectivity index (χ1v) is 8.05. The molecular formula is C22H23N3O4. The largest absolute Gasteiger partial charge is 0.487 e. The molecule has 2 aromatic carbocycles. The van der Waals surface area contributed by atoms with E-state index in [2.05, 4.69) is 30.7 Å². The lowest BCUT2D eigenvalue weighted by atomic mass is 10.2. The van der Waals surface area contributed by atoms with Crippen molar-refractivity contribution in [3.8, 4) is 23.8 Å². The van der Waals surface area contributed by atoms with Crippen molar-refractivity contribution in [1.29, 1.82) is 0 Å². The number of fused-ring (bicyclic) bond motifs is 1. The zero-order valence-electron chi connectivity index (χ0n) is 26.9. The molecule has 0 unspecified atom stereocenters. The van der Waals surface area contributed by atoms with Gasteiger partial charge in [0.2, 0.25) is 0 Å². The molecule has 0 aliphatic rings. The minimum Gasteiger partial charge on any atom is -0.487 e. The van der Waals surface area contributed by atoms with Gasteiger partial charge >= 0.3 is 0 Å². The molecule has 3 aromatic rings. The summed E-state index contributed by atoms with van der Waals surface area (Å²) in [5, 5.41) is 3.27. The maximum Gasteiger partial charge on any atom is 0.163 e. The summed E-state index contributed by atoms with van der Waals surface area (Å²) in [5.74, 6) is 1.72. The van der Waals surface area contributed by atoms with E-state index in [0.29, 0.717) is 11.3 Å². The Kier molecular flexibility index (Phi) is 3.51. The van der Waals surface area contributed by atoms with Crippen molar-refractivity contribution >= 4 is 22.4 Å². The van der Waals surface area contributed by atoms with E-state index >= 15 is 0 Å². The molecule has 0 aliphatic carbocycles. The van der Waals surface area contributed by atoms with Crippen LogP contribution in [0.4, 0.5) is 11.5 Å². The molecule has 150 valence electrons. The molecule has 0 fully saturated rings. The normalized spacial score (nSPS) is 19.0. The first-order valence-electron chi connectivity index (χ1n) is 14.0. The third-order valence-electron chi connectivity index (χ3n) is 3.61. The van der Waals surface area contributed by atoms with Crippen LogP contribution in [-0.4, -0.2) is 50.3 Å². The first-order chi connectivity index (χ1) is 18.7. The molecule has 3 rings (SSSR count). The third kappa shape index (κ3) is 5.35. The van der Waals surface area contributed by atoms with Crippen molar-refractivity contribution in [3.63, 3.8) is 0 Å². The number of benzene rings is 2. The van der Waals surface area contributed by atoms with Crippen molar-refractivity contribution in [2.45, 2.75) is 0 Å². The second-order valence-corrected chi connectivity index (χ2v) is 5.33. The van der Waals surface area contributed by atoms with Gasteiger partial charge in [-0.2, -0.15) is 0 Å². The van der Waals surface area contributed by atoms with Crippen LogP contribution in [0, 0.1) is 12.3 Å². The molecule has 0 saturated carbocycles. The number of ether oxygens (including phenoxy) is 4. The second-order valence-electron chi connectivity index (χ2n) is 5.33. The Morgan fingerprint density at radius 3 is 2.79 bits per heavy atom. The minimum absolute atomic E-state index is 0.118. The zero-order chi connectivity index (χ0) is 30.9. The van der Waals surface area contributed by atoms with Gasteiger partial charge in [0.1, 0.15) is 25.3 Å². The van der Waals surface area contributed by atoms with Crippen LogP contribution in [-0.2, 0) is 9.47 Å². The fourth-order valence-corrected chi connectivity index (χ4v) is 2.41. The Labute approximate surface area is 186 Å². The van der Waals surface area contributed by atoms with Crippen LogP contribution < -0.4 is 14.8 Å². The van der Waals surface area contributed by atoms with E-state index < -0.39 is 51.9 Å². The highest BCUT2D eigenvalue weighted by molar-refractivity contribution is 5.93. The van der Waals surface area contributed by atoms with Crippen LogP contribution in [0.5, 0.6) is 11.5 Å². The van der Waals surface area contributed by atoms with Gasteiger partial charge in [-0.15, -0.1) is 6.42 Å². The second kappa shape index (κ2) is 10.3. The van der Waals surface area contributed by atoms with Crippen molar-refractivity contribution in [1.82, 2.24) is 9.97 Å². The molecule has 1 heterocycles. The lowest BCUT2D eigenvalue weighted by molar-refractivity contribution is 0.132. The summed E-state index contributed by atoms with van der Waals surface area (Å²) in [7, 11) is -6.44. The van der Waals surface area contributed by atoms with Crippen LogP contribution in [0.15, 0.2) is 42.7 Å². The predicted octanol–water partition coefficient (Wildman–Crippen LogP) is 3.41. The van der Waals surface area contributed by atoms with E-state index in [1.54, 1.807) is 24.3 Å². The molecule has 0 spiro atoms. The summed E-state index contributed by atoms with van der Waals surface area (Å²) in [4.78, 5) is 8.28. The molecule has 0 radical (unpaired) electrons. The quantitative estimate of drug-likeness (QED) is 0.518. The monoisotopic (exact) mass is 405 g/mol. The Balaban J connectivity index is 2.08. The standard InChI is InChI=1S/C22H23N3O4/c1-4-16-6-5-7-17(12-16)25-22-18-13-20(28-10-8-26-2)21(29-11-9-27-3)14-19(18)23-15-24-22/h1,5-7,12-15H,8-11H2,2-3H3,(H,23,24,25)/i2D3,3D3,8D2,9D2,11D2. The Hall–Kier alpha value is -3.34. The van der Waals surface area contributed by atoms with Crippen molar-refractivity contribution in [3.05, 3.63) is 48.3 Å². The number of hydrogen-bond donors (Lipinski definition) is 1. The Morgan fingerprint density at radius 2 is 1.93 bits per heavy atom. The van der Waals surface area contributed by atoms with Gasteiger partial charge in [-0.3, -0.25) is 0 Å². The smallest absolute Gasteiger partial charge is 0.163 e. The van der Waals surface area contributed by atoms with Crippen LogP contribution in [0.3, 0.4) is 0 Å². The van der Waals surface area contributed by atoms with Gasteiger partial charge in [0.05, 0.1) is 35.1 Å². The summed E-state index contributed by atoms with van der Waals surface area (Å²) >= 11 is 0. The molecular weight excluding hydrogens is 370 g/mol. The van der Waals surface area contributed by atoms with Gasteiger partial charge in [-0.25, -0.2) is 9.97 Å². The van der Waals surface area contributed by atoms with E-state index in [-0.39, 0.29) is 16.7 Å². The average molecular weight is 406 g/mol. The topological polar surface area (TPSA) is 74.7 Å². The Bertz CT molecular complexity index is 1440. The van der Waals surface area contributed by atoms with Crippen molar-refractivity contribution < 1.29 is 35.4 Å². The van der Waals surface area contributed by atoms with Crippen LogP contribution >= 0.6 is 0 Å². The number of anilines is 2. The number of terminal acetylenes is 1. The number of nitrogens with zero attached hydrogens (tertiary/aromatic N) is 2. The number of methoxy groups -OCH3 is 2. The fraction of sp³-hybridized carbons (Fsp3) is 0.273. The number of rotatable bonds is 10. The highest BCUT2D eigenvalue weighted by Gasteiger charge is 2.13. The zero-order valence-corrected chi connectivity index (χ0v) is 14.9. The van der Waals surface area contributed by atoms with Crippen molar-refractivity contribution in [2.75, 3.05) is 45.7 Å². The molecule has 1 N–H and O–H groups in total. The van der Waals surface area contributed by atoms with E-state index in [9.17, 15) is 0 Å². The van der Waals surface area contributed by atoms with Crippen LogP contribution in [0.1, 0.15) is 22.0 Å². The molecule has 29 heavy (non-hydrogen) atoms. The van der Waals surface area contributed by atoms with E-state index in [0.717, 1.165) is 12.4 Å². The van der Waals surface area contributed by atoms with Gasteiger partial charge in [0.25, 0.3) is 0 Å². The summed E-state index contributed by atoms with van der Waals surface area (Å²) < 4.78 is 110. The highest BCUT2D eigenvalue weighted by Crippen LogP contribution is 2.35. The SMILES string of the molecule is [2H]C([2H])([2H])OC([2H])([2H])COc1cc2c(Nc3cccc(C#C)c3)ncnc2cc1OC([2H])([2H])C([2H])([2H])OC([2H])([2H])[2H]. The molecule has 0 amide bonds. The predicted molar refractivity (Wildman–Crippen MR) is 112 cm³/mol. The molecule has 7 heteroatoms. The molecule has 0 saturated heterocycles. The fourth-order valence-electron chi connectivity index (χ4n) is 2.41. The first kappa shape index (κ1) is 9.92. The number of hydrogen-bond acceptors (Lipinski definition) is 7. The number of aromatic nitrogens is 2. The Morgan fingerprint density at radius 1 is 1.07 bits per heavy atom. The van der Waals surface area contributed by atoms with E-state index in [1.165, 1.54) is 6.07 Å². The van der Waals surface area contributed by atoms with Gasteiger partial charge in [-0.05, 0) is 24.3 Å². The van der Waals surface area contributed by atoms with Crippen LogP contribution in [0.2, 0.25) is 0 Å². The number of nitrogens with one attached hydrogen (secondary N) is 1. The van der Waals surface area contributed by atoms with E-state index in [1.807, 2.05) is 0 Å². The molecule has 1 aromatic heterocycles. The lowest BCUT2D eigenvalue weighted by Gasteiger charge is -2.15. The van der Waals surface area contributed by atoms with Crippen molar-refractivity contribution in [2.24, 2.45) is 0 Å². The molecule has 0 atom stereocenters. The lowest BCUT2D eigenvalue weighted by Crippen LogP contribution is -2.09. The van der Waals surface area contributed by atoms with Gasteiger partial charge < -0.3 is 24.3 Å². The van der Waals surface area contributed by atoms with Gasteiger partial charge in [0.15, 0.2) is 11.5 Å². The summed E-state index contributed by atoms with van der Waals surface area (Å²) in [6.45, 7) is -10.8. The van der Waals surface area contributed by atoms with Gasteiger partial charge in [-0.1, -0.05) is 12.0 Å². The van der Waals surface area contributed by atoms with Crippen LogP contribution in [0.25, 0.3) is 10.9 Å². The summed E-state index contributed by atoms with van der Waals surface area (Å²) in [6, 6.07) is 9.08. The highest BCUT2D eigenvalue weighted by atomic mass is 16.5. The third-order valence-corrected chi connectivity index (χ3v) is 3.61. The minimum atomic E-state index is -3.51. The molecule has 7 nitrogen and oxygen atoms in total.